The molecular weight excluding hydrogens is 214 g/mol. The van der Waals surface area contributed by atoms with E-state index in [2.05, 4.69) is 4.98 Å². The summed E-state index contributed by atoms with van der Waals surface area (Å²) in [7, 11) is 0. The zero-order valence-corrected chi connectivity index (χ0v) is 9.08. The summed E-state index contributed by atoms with van der Waals surface area (Å²) < 4.78 is 2.15. The molecule has 2 aromatic heterocycles. The summed E-state index contributed by atoms with van der Waals surface area (Å²) in [4.78, 5) is 4.47. The minimum Gasteiger partial charge on any atom is -0.507 e. The highest BCUT2D eigenvalue weighted by molar-refractivity contribution is 7.21. The van der Waals surface area contributed by atoms with E-state index in [0.29, 0.717) is 5.75 Å². The molecule has 4 heteroatoms. The molecule has 2 nitrogen and oxygen atoms in total. The van der Waals surface area contributed by atoms with Crippen molar-refractivity contribution in [2.24, 2.45) is 0 Å². The number of phenols is 1. The Morgan fingerprint density at radius 1 is 1.43 bits per heavy atom. The Morgan fingerprint density at radius 2 is 2.29 bits per heavy atom. The van der Waals surface area contributed by atoms with E-state index in [1.165, 1.54) is 0 Å². The number of aromatic hydroxyl groups is 1. The molecule has 0 saturated heterocycles. The maximum absolute atomic E-state index is 9.75. The SMILES string of the molecule is Cc1nc2c(cc(O)c3ccsc32)s1. The number of aryl methyl sites for hydroxylation is 1. The summed E-state index contributed by atoms with van der Waals surface area (Å²) >= 11 is 3.25. The fraction of sp³-hybridized carbons (Fsp3) is 0.100. The molecule has 0 fully saturated rings. The maximum Gasteiger partial charge on any atom is 0.125 e. The zero-order chi connectivity index (χ0) is 9.71. The van der Waals surface area contributed by atoms with E-state index in [4.69, 9.17) is 0 Å². The quantitative estimate of drug-likeness (QED) is 0.630. The highest BCUT2D eigenvalue weighted by atomic mass is 32.1. The van der Waals surface area contributed by atoms with Crippen LogP contribution in [0, 0.1) is 6.92 Å². The largest absolute Gasteiger partial charge is 0.507 e. The van der Waals surface area contributed by atoms with Gasteiger partial charge in [0.15, 0.2) is 0 Å². The molecular formula is C10H7NOS2. The molecule has 0 aliphatic rings. The van der Waals surface area contributed by atoms with Crippen LogP contribution in [0.25, 0.3) is 20.3 Å². The number of aromatic nitrogens is 1. The summed E-state index contributed by atoms with van der Waals surface area (Å²) in [5.74, 6) is 0.359. The standard InChI is InChI=1S/C10H7NOS2/c1-5-11-9-8(14-5)4-7(12)6-2-3-13-10(6)9/h2-4,12H,1H3. The highest BCUT2D eigenvalue weighted by Crippen LogP contribution is 2.37. The lowest BCUT2D eigenvalue weighted by Crippen LogP contribution is -1.71. The Bertz CT molecular complexity index is 623. The highest BCUT2D eigenvalue weighted by Gasteiger charge is 2.10. The number of hydrogen-bond donors (Lipinski definition) is 1. The van der Waals surface area contributed by atoms with E-state index in [1.54, 1.807) is 28.7 Å². The molecule has 0 amide bonds. The van der Waals surface area contributed by atoms with E-state index in [-0.39, 0.29) is 0 Å². The second kappa shape index (κ2) is 2.68. The van der Waals surface area contributed by atoms with Crippen molar-refractivity contribution < 1.29 is 5.11 Å². The van der Waals surface area contributed by atoms with Crippen LogP contribution in [0.1, 0.15) is 5.01 Å². The van der Waals surface area contributed by atoms with Gasteiger partial charge in [0.05, 0.1) is 19.9 Å². The van der Waals surface area contributed by atoms with Crippen molar-refractivity contribution in [1.82, 2.24) is 4.98 Å². The topological polar surface area (TPSA) is 33.1 Å². The van der Waals surface area contributed by atoms with E-state index in [9.17, 15) is 5.11 Å². The molecule has 0 bridgehead atoms. The van der Waals surface area contributed by atoms with Crippen LogP contribution in [-0.2, 0) is 0 Å². The molecule has 0 aliphatic carbocycles. The van der Waals surface area contributed by atoms with Crippen LogP contribution in [0.2, 0.25) is 0 Å². The zero-order valence-electron chi connectivity index (χ0n) is 7.44. The number of thiazole rings is 1. The molecule has 0 aliphatic heterocycles. The summed E-state index contributed by atoms with van der Waals surface area (Å²) in [5, 5.41) is 13.7. The van der Waals surface area contributed by atoms with Crippen LogP contribution < -0.4 is 0 Å². The summed E-state index contributed by atoms with van der Waals surface area (Å²) in [6, 6.07) is 3.73. The number of benzene rings is 1. The first-order valence-corrected chi connectivity index (χ1v) is 5.91. The summed E-state index contributed by atoms with van der Waals surface area (Å²) in [6.07, 6.45) is 0. The van der Waals surface area contributed by atoms with Gasteiger partial charge >= 0.3 is 0 Å². The van der Waals surface area contributed by atoms with Gasteiger partial charge in [-0.3, -0.25) is 0 Å². The van der Waals surface area contributed by atoms with Crippen molar-refractivity contribution in [1.29, 1.82) is 0 Å². The van der Waals surface area contributed by atoms with Gasteiger partial charge in [-0.05, 0) is 18.4 Å². The van der Waals surface area contributed by atoms with Gasteiger partial charge in [-0.15, -0.1) is 22.7 Å². The Kier molecular flexibility index (Phi) is 1.57. The molecule has 0 atom stereocenters. The molecule has 3 aromatic rings. The molecule has 70 valence electrons. The summed E-state index contributed by atoms with van der Waals surface area (Å²) in [5.41, 5.74) is 1.02. The van der Waals surface area contributed by atoms with Gasteiger partial charge in [0.2, 0.25) is 0 Å². The monoisotopic (exact) mass is 221 g/mol. The van der Waals surface area contributed by atoms with Crippen LogP contribution in [0.4, 0.5) is 0 Å². The van der Waals surface area contributed by atoms with Crippen LogP contribution >= 0.6 is 22.7 Å². The third kappa shape index (κ3) is 0.980. The van der Waals surface area contributed by atoms with Gasteiger partial charge < -0.3 is 5.11 Å². The maximum atomic E-state index is 9.75. The van der Waals surface area contributed by atoms with Gasteiger partial charge in [0, 0.05) is 11.5 Å². The Labute approximate surface area is 88.5 Å². The van der Waals surface area contributed by atoms with Gasteiger partial charge in [0.25, 0.3) is 0 Å². The number of thiophene rings is 1. The summed E-state index contributed by atoms with van der Waals surface area (Å²) in [6.45, 7) is 1.99. The van der Waals surface area contributed by atoms with Crippen LogP contribution in [0.5, 0.6) is 5.75 Å². The lowest BCUT2D eigenvalue weighted by atomic mass is 10.2. The molecule has 2 heterocycles. The fourth-order valence-electron chi connectivity index (χ4n) is 1.60. The number of hydrogen-bond acceptors (Lipinski definition) is 4. The van der Waals surface area contributed by atoms with Gasteiger partial charge in [-0.1, -0.05) is 0 Å². The predicted molar refractivity (Wildman–Crippen MR) is 61.4 cm³/mol. The second-order valence-electron chi connectivity index (χ2n) is 3.14. The first-order valence-electron chi connectivity index (χ1n) is 4.22. The third-order valence-electron chi connectivity index (χ3n) is 2.18. The number of phenolic OH excluding ortho intramolecular Hbond substituents is 1. The number of rotatable bonds is 0. The fourth-order valence-corrected chi connectivity index (χ4v) is 3.44. The Hall–Kier alpha value is -1.13. The smallest absolute Gasteiger partial charge is 0.125 e. The molecule has 0 unspecified atom stereocenters. The van der Waals surface area contributed by atoms with Gasteiger partial charge in [-0.25, -0.2) is 4.98 Å². The number of nitrogens with zero attached hydrogens (tertiary/aromatic N) is 1. The van der Waals surface area contributed by atoms with Crippen LogP contribution in [-0.4, -0.2) is 10.1 Å². The van der Waals surface area contributed by atoms with Gasteiger partial charge in [-0.2, -0.15) is 0 Å². The Balaban J connectivity index is 2.64. The molecule has 14 heavy (non-hydrogen) atoms. The lowest BCUT2D eigenvalue weighted by Gasteiger charge is -1.94. The van der Waals surface area contributed by atoms with Crippen LogP contribution in [0.3, 0.4) is 0 Å². The molecule has 3 rings (SSSR count). The number of fused-ring (bicyclic) bond motifs is 3. The van der Waals surface area contributed by atoms with Crippen molar-refractivity contribution in [2.75, 3.05) is 0 Å². The van der Waals surface area contributed by atoms with Crippen molar-refractivity contribution in [3.63, 3.8) is 0 Å². The van der Waals surface area contributed by atoms with Crippen molar-refractivity contribution in [3.8, 4) is 5.75 Å². The first-order chi connectivity index (χ1) is 6.75. The molecule has 1 aromatic carbocycles. The van der Waals surface area contributed by atoms with Crippen molar-refractivity contribution in [2.45, 2.75) is 6.92 Å². The predicted octanol–water partition coefficient (Wildman–Crippen LogP) is 3.53. The first kappa shape index (κ1) is 8.20. The van der Waals surface area contributed by atoms with Crippen molar-refractivity contribution in [3.05, 3.63) is 22.5 Å². The lowest BCUT2D eigenvalue weighted by molar-refractivity contribution is 0.482. The normalized spacial score (nSPS) is 11.5. The second-order valence-corrected chi connectivity index (χ2v) is 5.29. The average molecular weight is 221 g/mol. The minimum absolute atomic E-state index is 0.359. The molecule has 0 radical (unpaired) electrons. The van der Waals surface area contributed by atoms with Gasteiger partial charge in [0.1, 0.15) is 5.75 Å². The molecule has 0 spiro atoms. The van der Waals surface area contributed by atoms with E-state index in [1.807, 2.05) is 18.4 Å². The van der Waals surface area contributed by atoms with E-state index < -0.39 is 0 Å². The van der Waals surface area contributed by atoms with Crippen LogP contribution in [0.15, 0.2) is 17.5 Å². The Morgan fingerprint density at radius 3 is 3.14 bits per heavy atom. The average Bonchev–Trinajstić information content (AvgIpc) is 2.69. The van der Waals surface area contributed by atoms with E-state index >= 15 is 0 Å². The van der Waals surface area contributed by atoms with E-state index in [0.717, 1.165) is 25.3 Å². The third-order valence-corrected chi connectivity index (χ3v) is 4.02. The minimum atomic E-state index is 0.359. The van der Waals surface area contributed by atoms with Crippen molar-refractivity contribution >= 4 is 43.0 Å². The molecule has 1 N–H and O–H groups in total. The molecule has 0 saturated carbocycles.